The molecule has 2 aromatic heterocycles. The summed E-state index contributed by atoms with van der Waals surface area (Å²) in [5, 5.41) is 3.30. The van der Waals surface area contributed by atoms with E-state index in [1.54, 1.807) is 18.8 Å². The zero-order valence-electron chi connectivity index (χ0n) is 20.5. The lowest BCUT2D eigenvalue weighted by atomic mass is 10.1. The molecule has 2 heterocycles. The van der Waals surface area contributed by atoms with Gasteiger partial charge in [0.25, 0.3) is 5.56 Å². The first kappa shape index (κ1) is 25.2. The number of benzene rings is 1. The minimum atomic E-state index is -0.335. The van der Waals surface area contributed by atoms with Crippen molar-refractivity contribution in [2.75, 3.05) is 26.1 Å². The van der Waals surface area contributed by atoms with Crippen LogP contribution in [-0.4, -0.2) is 34.9 Å². The second-order valence-electron chi connectivity index (χ2n) is 8.40. The van der Waals surface area contributed by atoms with Gasteiger partial charge in [-0.3, -0.25) is 18.9 Å². The first-order valence-corrected chi connectivity index (χ1v) is 11.6. The minimum absolute atomic E-state index is 0.201. The Bertz CT molecular complexity index is 1200. The highest BCUT2D eigenvalue weighted by molar-refractivity contribution is 5.37. The number of rotatable bonds is 12. The number of aromatic nitrogens is 3. The molecule has 0 aliphatic carbocycles. The highest BCUT2D eigenvalue weighted by Crippen LogP contribution is 2.14. The van der Waals surface area contributed by atoms with Gasteiger partial charge >= 0.3 is 5.69 Å². The summed E-state index contributed by atoms with van der Waals surface area (Å²) in [6, 6.07) is 10.9. The van der Waals surface area contributed by atoms with Gasteiger partial charge in [-0.05, 0) is 68.0 Å². The van der Waals surface area contributed by atoms with Gasteiger partial charge in [0, 0.05) is 44.8 Å². The van der Waals surface area contributed by atoms with Crippen molar-refractivity contribution in [3.05, 3.63) is 85.8 Å². The normalized spacial score (nSPS) is 10.9. The average Bonchev–Trinajstić information content (AvgIpc) is 2.83. The molecule has 0 saturated heterocycles. The Hall–Kier alpha value is -3.39. The quantitative estimate of drug-likeness (QED) is 0.411. The van der Waals surface area contributed by atoms with Crippen LogP contribution in [0.4, 0.5) is 5.82 Å². The third-order valence-electron chi connectivity index (χ3n) is 5.82. The van der Waals surface area contributed by atoms with E-state index in [0.717, 1.165) is 47.4 Å². The molecule has 0 amide bonds. The zero-order chi connectivity index (χ0) is 24.5. The van der Waals surface area contributed by atoms with Gasteiger partial charge in [-0.25, -0.2) is 4.79 Å². The fourth-order valence-corrected chi connectivity index (χ4v) is 3.83. The summed E-state index contributed by atoms with van der Waals surface area (Å²) in [6.07, 6.45) is 4.49. The monoisotopic (exact) mass is 466 g/mol. The van der Waals surface area contributed by atoms with Crippen molar-refractivity contribution in [3.63, 3.8) is 0 Å². The minimum Gasteiger partial charge on any atom is -0.497 e. The SMILES string of the molecule is COCCCCCn1c(NCc2cnc(C)cc2C)cc(=O)n(Cc2ccc(OC)cc2)c1=O. The van der Waals surface area contributed by atoms with Gasteiger partial charge in [0.2, 0.25) is 0 Å². The maximum atomic E-state index is 13.4. The van der Waals surface area contributed by atoms with Crippen molar-refractivity contribution in [2.24, 2.45) is 0 Å². The number of pyridine rings is 1. The number of anilines is 1. The topological polar surface area (TPSA) is 87.4 Å². The van der Waals surface area contributed by atoms with Crippen LogP contribution in [0.1, 0.15) is 41.6 Å². The molecule has 8 heteroatoms. The number of unbranched alkanes of at least 4 members (excludes halogenated alkanes) is 2. The lowest BCUT2D eigenvalue weighted by Gasteiger charge is -2.17. The van der Waals surface area contributed by atoms with Crippen molar-refractivity contribution in [1.29, 1.82) is 0 Å². The van der Waals surface area contributed by atoms with Crippen molar-refractivity contribution in [2.45, 2.75) is 52.7 Å². The summed E-state index contributed by atoms with van der Waals surface area (Å²) in [7, 11) is 3.29. The number of hydrogen-bond acceptors (Lipinski definition) is 6. The fraction of sp³-hybridized carbons (Fsp3) is 0.423. The second kappa shape index (κ2) is 12.2. The van der Waals surface area contributed by atoms with Gasteiger partial charge in [-0.15, -0.1) is 0 Å². The third kappa shape index (κ3) is 6.57. The molecule has 0 unspecified atom stereocenters. The number of hydrogen-bond donors (Lipinski definition) is 1. The van der Waals surface area contributed by atoms with E-state index in [-0.39, 0.29) is 17.8 Å². The Morgan fingerprint density at radius 3 is 2.41 bits per heavy atom. The molecule has 8 nitrogen and oxygen atoms in total. The van der Waals surface area contributed by atoms with Crippen LogP contribution in [0.2, 0.25) is 0 Å². The van der Waals surface area contributed by atoms with E-state index in [4.69, 9.17) is 9.47 Å². The molecule has 0 fully saturated rings. The molecule has 3 aromatic rings. The first-order valence-electron chi connectivity index (χ1n) is 11.6. The van der Waals surface area contributed by atoms with Crippen LogP contribution in [0.3, 0.4) is 0 Å². The van der Waals surface area contributed by atoms with E-state index < -0.39 is 0 Å². The molecule has 0 radical (unpaired) electrons. The molecular formula is C26H34N4O4. The number of ether oxygens (including phenoxy) is 2. The Labute approximate surface area is 200 Å². The smallest absolute Gasteiger partial charge is 0.332 e. The molecule has 182 valence electrons. The Morgan fingerprint density at radius 1 is 0.971 bits per heavy atom. The predicted octanol–water partition coefficient (Wildman–Crippen LogP) is 3.51. The maximum Gasteiger partial charge on any atom is 0.332 e. The van der Waals surface area contributed by atoms with Crippen molar-refractivity contribution >= 4 is 5.82 Å². The summed E-state index contributed by atoms with van der Waals surface area (Å²) < 4.78 is 13.3. The van der Waals surface area contributed by atoms with Gasteiger partial charge in [-0.1, -0.05) is 12.1 Å². The number of aryl methyl sites for hydroxylation is 2. The van der Waals surface area contributed by atoms with Crippen LogP contribution >= 0.6 is 0 Å². The van der Waals surface area contributed by atoms with E-state index in [1.165, 1.54) is 10.6 Å². The Morgan fingerprint density at radius 2 is 1.74 bits per heavy atom. The van der Waals surface area contributed by atoms with Gasteiger partial charge in [0.05, 0.1) is 13.7 Å². The first-order chi connectivity index (χ1) is 16.4. The maximum absolute atomic E-state index is 13.4. The number of nitrogens with one attached hydrogen (secondary N) is 1. The highest BCUT2D eigenvalue weighted by atomic mass is 16.5. The molecule has 0 aliphatic rings. The summed E-state index contributed by atoms with van der Waals surface area (Å²) >= 11 is 0. The van der Waals surface area contributed by atoms with Gasteiger partial charge in [0.15, 0.2) is 0 Å². The Kier molecular flexibility index (Phi) is 9.04. The van der Waals surface area contributed by atoms with E-state index in [0.29, 0.717) is 25.5 Å². The van der Waals surface area contributed by atoms with Crippen LogP contribution in [0.5, 0.6) is 5.75 Å². The molecule has 0 bridgehead atoms. The number of nitrogens with zero attached hydrogens (tertiary/aromatic N) is 3. The van der Waals surface area contributed by atoms with E-state index in [9.17, 15) is 9.59 Å². The van der Waals surface area contributed by atoms with E-state index >= 15 is 0 Å². The van der Waals surface area contributed by atoms with E-state index in [2.05, 4.69) is 10.3 Å². The van der Waals surface area contributed by atoms with Crippen molar-refractivity contribution in [3.8, 4) is 5.75 Å². The van der Waals surface area contributed by atoms with Crippen LogP contribution in [0, 0.1) is 13.8 Å². The van der Waals surface area contributed by atoms with Crippen molar-refractivity contribution < 1.29 is 9.47 Å². The van der Waals surface area contributed by atoms with Crippen molar-refractivity contribution in [1.82, 2.24) is 14.1 Å². The molecule has 34 heavy (non-hydrogen) atoms. The van der Waals surface area contributed by atoms with Gasteiger partial charge in [0.1, 0.15) is 11.6 Å². The lowest BCUT2D eigenvalue weighted by Crippen LogP contribution is -2.40. The van der Waals surface area contributed by atoms with Crippen LogP contribution < -0.4 is 21.3 Å². The second-order valence-corrected chi connectivity index (χ2v) is 8.40. The average molecular weight is 467 g/mol. The van der Waals surface area contributed by atoms with Crippen LogP contribution in [-0.2, 0) is 24.4 Å². The Balaban J connectivity index is 1.88. The molecule has 0 atom stereocenters. The largest absolute Gasteiger partial charge is 0.497 e. The van der Waals surface area contributed by atoms with Crippen LogP contribution in [0.25, 0.3) is 0 Å². The number of methoxy groups -OCH3 is 2. The van der Waals surface area contributed by atoms with Gasteiger partial charge < -0.3 is 14.8 Å². The highest BCUT2D eigenvalue weighted by Gasteiger charge is 2.13. The molecule has 1 aromatic carbocycles. The molecule has 1 N–H and O–H groups in total. The van der Waals surface area contributed by atoms with E-state index in [1.807, 2.05) is 50.4 Å². The predicted molar refractivity (Wildman–Crippen MR) is 134 cm³/mol. The summed E-state index contributed by atoms with van der Waals surface area (Å²) in [6.45, 7) is 5.86. The zero-order valence-corrected chi connectivity index (χ0v) is 20.5. The molecular weight excluding hydrogens is 432 g/mol. The lowest BCUT2D eigenvalue weighted by molar-refractivity contribution is 0.191. The summed E-state index contributed by atoms with van der Waals surface area (Å²) in [5.41, 5.74) is 3.28. The molecule has 3 rings (SSSR count). The van der Waals surface area contributed by atoms with Crippen LogP contribution in [0.15, 0.2) is 52.2 Å². The standard InChI is InChI=1S/C26H34N4O4/c1-19-14-20(2)27-16-22(19)17-28-24-15-25(31)30(18-21-8-10-23(34-4)11-9-21)26(32)29(24)12-6-5-7-13-33-3/h8-11,14-16,28H,5-7,12-13,17-18H2,1-4H3. The van der Waals surface area contributed by atoms with Gasteiger partial charge in [-0.2, -0.15) is 0 Å². The summed E-state index contributed by atoms with van der Waals surface area (Å²) in [4.78, 5) is 30.7. The molecule has 0 aliphatic heterocycles. The molecule has 0 saturated carbocycles. The fourth-order valence-electron chi connectivity index (χ4n) is 3.83. The third-order valence-corrected chi connectivity index (χ3v) is 5.82. The summed E-state index contributed by atoms with van der Waals surface area (Å²) in [5.74, 6) is 1.25. The molecule has 0 spiro atoms.